The molecule has 6 nitrogen and oxygen atoms in total. The van der Waals surface area contributed by atoms with E-state index in [9.17, 15) is 0 Å². The van der Waals surface area contributed by atoms with Crippen molar-refractivity contribution in [3.8, 4) is 6.01 Å². The van der Waals surface area contributed by atoms with Crippen LogP contribution in [0.3, 0.4) is 0 Å². The Bertz CT molecular complexity index is 405. The number of nitrogens with two attached hydrogens (primary N) is 1. The summed E-state index contributed by atoms with van der Waals surface area (Å²) in [6.07, 6.45) is 3.49. The minimum absolute atomic E-state index is 0.0280. The lowest BCUT2D eigenvalue weighted by Crippen LogP contribution is -2.29. The molecule has 18 heavy (non-hydrogen) atoms. The first-order valence-electron chi connectivity index (χ1n) is 6.55. The van der Waals surface area contributed by atoms with Crippen molar-refractivity contribution in [2.45, 2.75) is 52.2 Å². The second-order valence-corrected chi connectivity index (χ2v) is 4.87. The Morgan fingerprint density at radius 3 is 2.61 bits per heavy atom. The van der Waals surface area contributed by atoms with Crippen molar-refractivity contribution >= 4 is 11.9 Å². The first-order chi connectivity index (χ1) is 8.60. The zero-order valence-corrected chi connectivity index (χ0v) is 11.3. The zero-order chi connectivity index (χ0) is 13.1. The van der Waals surface area contributed by atoms with Gasteiger partial charge in [-0.1, -0.05) is 6.92 Å². The van der Waals surface area contributed by atoms with E-state index in [-0.39, 0.29) is 12.1 Å². The van der Waals surface area contributed by atoms with Crippen molar-refractivity contribution in [1.29, 1.82) is 0 Å². The number of nitrogens with zero attached hydrogens (tertiary/aromatic N) is 4. The van der Waals surface area contributed by atoms with Crippen molar-refractivity contribution in [2.24, 2.45) is 0 Å². The van der Waals surface area contributed by atoms with E-state index in [4.69, 9.17) is 10.5 Å². The van der Waals surface area contributed by atoms with Crippen LogP contribution in [0.2, 0.25) is 0 Å². The maximum atomic E-state index is 5.72. The van der Waals surface area contributed by atoms with Gasteiger partial charge in [0.2, 0.25) is 11.9 Å². The van der Waals surface area contributed by atoms with Crippen LogP contribution in [0.15, 0.2) is 0 Å². The molecule has 0 unspecified atom stereocenters. The Labute approximate surface area is 108 Å². The van der Waals surface area contributed by atoms with Gasteiger partial charge in [-0.2, -0.15) is 15.0 Å². The summed E-state index contributed by atoms with van der Waals surface area (Å²) in [6, 6.07) is 0.868. The molecule has 2 rings (SSSR count). The summed E-state index contributed by atoms with van der Waals surface area (Å²) in [5.74, 6) is 0.861. The SMILES string of the molecule is CCCN(c1nc(N)nc(OC(C)C)n1)C1CC1. The lowest BCUT2D eigenvalue weighted by molar-refractivity contribution is 0.222. The highest BCUT2D eigenvalue weighted by molar-refractivity contribution is 5.38. The van der Waals surface area contributed by atoms with Gasteiger partial charge in [0.25, 0.3) is 0 Å². The van der Waals surface area contributed by atoms with E-state index >= 15 is 0 Å². The molecule has 100 valence electrons. The molecule has 2 N–H and O–H groups in total. The number of rotatable bonds is 6. The topological polar surface area (TPSA) is 77.2 Å². The highest BCUT2D eigenvalue weighted by atomic mass is 16.5. The molecule has 0 aromatic carbocycles. The van der Waals surface area contributed by atoms with Gasteiger partial charge in [0.05, 0.1) is 6.10 Å². The Kier molecular flexibility index (Phi) is 3.84. The Hall–Kier alpha value is -1.59. The van der Waals surface area contributed by atoms with E-state index in [1.165, 1.54) is 12.8 Å². The third kappa shape index (κ3) is 3.21. The van der Waals surface area contributed by atoms with Crippen LogP contribution in [0.1, 0.15) is 40.0 Å². The summed E-state index contributed by atoms with van der Waals surface area (Å²) in [7, 11) is 0. The molecule has 0 radical (unpaired) electrons. The fourth-order valence-corrected chi connectivity index (χ4v) is 1.83. The van der Waals surface area contributed by atoms with E-state index in [1.807, 2.05) is 13.8 Å². The summed E-state index contributed by atoms with van der Waals surface area (Å²) in [4.78, 5) is 14.8. The standard InChI is InChI=1S/C12H21N5O/c1-4-7-17(9-5-6-9)11-14-10(13)15-12(16-11)18-8(2)3/h8-9H,4-7H2,1-3H3,(H2,13,14,15,16). The number of nitrogen functional groups attached to an aromatic ring is 1. The van der Waals surface area contributed by atoms with Crippen molar-refractivity contribution in [1.82, 2.24) is 15.0 Å². The summed E-state index contributed by atoms with van der Waals surface area (Å²) in [6.45, 7) is 6.95. The number of anilines is 2. The Morgan fingerprint density at radius 2 is 2.06 bits per heavy atom. The third-order valence-corrected chi connectivity index (χ3v) is 2.67. The number of hydrogen-bond donors (Lipinski definition) is 1. The summed E-state index contributed by atoms with van der Waals surface area (Å²) < 4.78 is 5.50. The first-order valence-corrected chi connectivity index (χ1v) is 6.55. The fraction of sp³-hybridized carbons (Fsp3) is 0.750. The van der Waals surface area contributed by atoms with Crippen molar-refractivity contribution in [3.63, 3.8) is 0 Å². The molecule has 1 aliphatic rings. The van der Waals surface area contributed by atoms with Gasteiger partial charge >= 0.3 is 6.01 Å². The average Bonchev–Trinajstić information content (AvgIpc) is 3.07. The van der Waals surface area contributed by atoms with Gasteiger partial charge < -0.3 is 15.4 Å². The molecular weight excluding hydrogens is 230 g/mol. The van der Waals surface area contributed by atoms with Crippen LogP contribution in [-0.4, -0.2) is 33.6 Å². The Balaban J connectivity index is 2.22. The normalized spacial score (nSPS) is 14.9. The quantitative estimate of drug-likeness (QED) is 0.827. The predicted octanol–water partition coefficient (Wildman–Crippen LogP) is 1.62. The van der Waals surface area contributed by atoms with E-state index < -0.39 is 0 Å². The second kappa shape index (κ2) is 5.37. The van der Waals surface area contributed by atoms with Crippen LogP contribution in [0.5, 0.6) is 6.01 Å². The molecule has 1 aliphatic carbocycles. The van der Waals surface area contributed by atoms with Gasteiger partial charge in [-0.15, -0.1) is 0 Å². The molecule has 0 aliphatic heterocycles. The van der Waals surface area contributed by atoms with Crippen molar-refractivity contribution < 1.29 is 4.74 Å². The van der Waals surface area contributed by atoms with Crippen molar-refractivity contribution in [2.75, 3.05) is 17.2 Å². The van der Waals surface area contributed by atoms with Crippen molar-refractivity contribution in [3.05, 3.63) is 0 Å². The molecule has 1 aromatic rings. The first kappa shape index (κ1) is 12.9. The van der Waals surface area contributed by atoms with Gasteiger partial charge in [-0.25, -0.2) is 0 Å². The highest BCUT2D eigenvalue weighted by Gasteiger charge is 2.30. The van der Waals surface area contributed by atoms with Crippen LogP contribution in [0.25, 0.3) is 0 Å². The maximum Gasteiger partial charge on any atom is 0.323 e. The molecule has 6 heteroatoms. The van der Waals surface area contributed by atoms with Gasteiger partial charge in [0.15, 0.2) is 0 Å². The smallest absolute Gasteiger partial charge is 0.323 e. The van der Waals surface area contributed by atoms with Crippen LogP contribution in [0, 0.1) is 0 Å². The molecule has 0 spiro atoms. The molecule has 0 amide bonds. The van der Waals surface area contributed by atoms with Crippen LogP contribution >= 0.6 is 0 Å². The van der Waals surface area contributed by atoms with Gasteiger partial charge in [-0.05, 0) is 33.1 Å². The van der Waals surface area contributed by atoms with Gasteiger partial charge in [0.1, 0.15) is 0 Å². The average molecular weight is 251 g/mol. The molecule has 1 aromatic heterocycles. The number of ether oxygens (including phenoxy) is 1. The van der Waals surface area contributed by atoms with E-state index in [0.717, 1.165) is 13.0 Å². The highest BCUT2D eigenvalue weighted by Crippen LogP contribution is 2.30. The largest absolute Gasteiger partial charge is 0.461 e. The van der Waals surface area contributed by atoms with Gasteiger partial charge in [0, 0.05) is 12.6 Å². The molecule has 0 atom stereocenters. The summed E-state index contributed by atoms with van der Waals surface area (Å²) >= 11 is 0. The lowest BCUT2D eigenvalue weighted by atomic mass is 10.4. The van der Waals surface area contributed by atoms with Crippen LogP contribution < -0.4 is 15.4 Å². The third-order valence-electron chi connectivity index (χ3n) is 2.67. The van der Waals surface area contributed by atoms with Crippen LogP contribution in [0.4, 0.5) is 11.9 Å². The number of aromatic nitrogens is 3. The fourth-order valence-electron chi connectivity index (χ4n) is 1.83. The lowest BCUT2D eigenvalue weighted by Gasteiger charge is -2.22. The van der Waals surface area contributed by atoms with Crippen LogP contribution in [-0.2, 0) is 0 Å². The monoisotopic (exact) mass is 251 g/mol. The summed E-state index contributed by atoms with van der Waals surface area (Å²) in [5.41, 5.74) is 5.72. The number of hydrogen-bond acceptors (Lipinski definition) is 6. The molecule has 1 heterocycles. The molecule has 1 saturated carbocycles. The van der Waals surface area contributed by atoms with E-state index in [0.29, 0.717) is 18.0 Å². The second-order valence-electron chi connectivity index (χ2n) is 4.87. The molecule has 0 bridgehead atoms. The van der Waals surface area contributed by atoms with E-state index in [2.05, 4.69) is 26.8 Å². The van der Waals surface area contributed by atoms with E-state index in [1.54, 1.807) is 0 Å². The van der Waals surface area contributed by atoms with Gasteiger partial charge in [-0.3, -0.25) is 0 Å². The summed E-state index contributed by atoms with van der Waals surface area (Å²) in [5, 5.41) is 0. The molecule has 1 fully saturated rings. The zero-order valence-electron chi connectivity index (χ0n) is 11.3. The Morgan fingerprint density at radius 1 is 1.33 bits per heavy atom. The maximum absolute atomic E-state index is 5.72. The predicted molar refractivity (Wildman–Crippen MR) is 70.7 cm³/mol. The minimum atomic E-state index is 0.0280. The molecule has 0 saturated heterocycles. The molecular formula is C12H21N5O. The minimum Gasteiger partial charge on any atom is -0.461 e.